The maximum absolute atomic E-state index is 12.7. The van der Waals surface area contributed by atoms with Crippen LogP contribution in [0, 0.1) is 6.92 Å². The molecule has 4 aromatic carbocycles. The predicted octanol–water partition coefficient (Wildman–Crippen LogP) is 5.14. The van der Waals surface area contributed by atoms with Crippen LogP contribution in [0.25, 0.3) is 10.8 Å². The zero-order valence-corrected chi connectivity index (χ0v) is 18.2. The van der Waals surface area contributed by atoms with Crippen molar-refractivity contribution in [2.45, 2.75) is 6.92 Å². The fourth-order valence-electron chi connectivity index (χ4n) is 3.31. The van der Waals surface area contributed by atoms with Gasteiger partial charge in [-0.2, -0.15) is 5.10 Å². The number of amides is 1. The fourth-order valence-corrected chi connectivity index (χ4v) is 3.31. The first kappa shape index (κ1) is 21.8. The van der Waals surface area contributed by atoms with E-state index in [9.17, 15) is 9.59 Å². The molecule has 0 heterocycles. The van der Waals surface area contributed by atoms with Crippen molar-refractivity contribution >= 4 is 28.9 Å². The van der Waals surface area contributed by atoms with Crippen LogP contribution in [0.1, 0.15) is 31.8 Å². The molecule has 0 fully saturated rings. The fraction of sp³-hybridized carbons (Fsp3) is 0.0741. The lowest BCUT2D eigenvalue weighted by Gasteiger charge is -2.11. The second-order valence-electron chi connectivity index (χ2n) is 7.38. The second kappa shape index (κ2) is 9.78. The quantitative estimate of drug-likeness (QED) is 0.196. The van der Waals surface area contributed by atoms with Gasteiger partial charge in [0.25, 0.3) is 5.91 Å². The minimum atomic E-state index is -0.508. The number of hydrogen-bond donors (Lipinski definition) is 1. The smallest absolute Gasteiger partial charge is 0.343 e. The normalized spacial score (nSPS) is 10.8. The summed E-state index contributed by atoms with van der Waals surface area (Å²) >= 11 is 0. The van der Waals surface area contributed by atoms with Crippen LogP contribution in [0.15, 0.2) is 90.0 Å². The molecule has 1 N–H and O–H groups in total. The third-order valence-electron chi connectivity index (χ3n) is 5.13. The molecule has 0 radical (unpaired) electrons. The monoisotopic (exact) mass is 438 g/mol. The molecule has 1 amide bonds. The molecule has 4 aromatic rings. The van der Waals surface area contributed by atoms with E-state index < -0.39 is 5.97 Å². The number of aryl methyl sites for hydroxylation is 1. The number of methoxy groups -OCH3 is 1. The van der Waals surface area contributed by atoms with Crippen molar-refractivity contribution in [1.82, 2.24) is 5.43 Å². The van der Waals surface area contributed by atoms with Crippen molar-refractivity contribution in [3.05, 3.63) is 107 Å². The van der Waals surface area contributed by atoms with Gasteiger partial charge in [0.15, 0.2) is 0 Å². The van der Waals surface area contributed by atoms with Crippen molar-refractivity contribution in [2.24, 2.45) is 5.10 Å². The molecule has 0 aliphatic carbocycles. The van der Waals surface area contributed by atoms with Gasteiger partial charge in [0, 0.05) is 11.1 Å². The van der Waals surface area contributed by atoms with Crippen molar-refractivity contribution in [3.63, 3.8) is 0 Å². The van der Waals surface area contributed by atoms with Crippen LogP contribution in [-0.2, 0) is 0 Å². The maximum atomic E-state index is 12.7. The largest absolute Gasteiger partial charge is 0.497 e. The van der Waals surface area contributed by atoms with Crippen LogP contribution in [-0.4, -0.2) is 25.2 Å². The molecule has 0 aliphatic heterocycles. The van der Waals surface area contributed by atoms with Gasteiger partial charge in [-0.15, -0.1) is 0 Å². The van der Waals surface area contributed by atoms with Gasteiger partial charge in [-0.1, -0.05) is 48.0 Å². The molecule has 6 heteroatoms. The number of esters is 1. The number of hydrazone groups is 1. The van der Waals surface area contributed by atoms with Crippen LogP contribution < -0.4 is 14.9 Å². The van der Waals surface area contributed by atoms with E-state index in [0.29, 0.717) is 28.2 Å². The predicted molar refractivity (Wildman–Crippen MR) is 128 cm³/mol. The van der Waals surface area contributed by atoms with Crippen molar-refractivity contribution in [2.75, 3.05) is 7.11 Å². The van der Waals surface area contributed by atoms with Gasteiger partial charge in [-0.25, -0.2) is 10.2 Å². The second-order valence-corrected chi connectivity index (χ2v) is 7.38. The highest BCUT2D eigenvalue weighted by atomic mass is 16.5. The Kier molecular flexibility index (Phi) is 6.45. The van der Waals surface area contributed by atoms with Gasteiger partial charge in [0.1, 0.15) is 11.5 Å². The number of hydrogen-bond acceptors (Lipinski definition) is 5. The number of ether oxygens (including phenoxy) is 2. The van der Waals surface area contributed by atoms with Gasteiger partial charge in [0.05, 0.1) is 18.9 Å². The SMILES string of the molecule is COc1ccc(C(=O)Oc2ccc3ccccc3c2C=NNC(=O)c2ccc(C)cc2)cc1. The van der Waals surface area contributed by atoms with E-state index in [-0.39, 0.29) is 5.91 Å². The summed E-state index contributed by atoms with van der Waals surface area (Å²) < 4.78 is 10.8. The van der Waals surface area contributed by atoms with E-state index in [2.05, 4.69) is 10.5 Å². The van der Waals surface area contributed by atoms with Crippen molar-refractivity contribution in [3.8, 4) is 11.5 Å². The Labute approximate surface area is 191 Å². The zero-order chi connectivity index (χ0) is 23.2. The number of nitrogens with one attached hydrogen (secondary N) is 1. The van der Waals surface area contributed by atoms with E-state index in [1.54, 1.807) is 49.6 Å². The molecule has 0 aromatic heterocycles. The summed E-state index contributed by atoms with van der Waals surface area (Å²) in [5, 5.41) is 5.91. The molecule has 0 spiro atoms. The number of fused-ring (bicyclic) bond motifs is 1. The van der Waals surface area contributed by atoms with Gasteiger partial charge in [0.2, 0.25) is 0 Å². The molecule has 0 unspecified atom stereocenters. The Bertz CT molecular complexity index is 1330. The maximum Gasteiger partial charge on any atom is 0.343 e. The standard InChI is InChI=1S/C27H22N2O4/c1-18-7-9-20(10-8-18)26(30)29-28-17-24-23-6-4-3-5-19(23)13-16-25(24)33-27(31)21-11-14-22(32-2)15-12-21/h3-17H,1-2H3,(H,29,30). The van der Waals surface area contributed by atoms with Crippen LogP contribution in [0.5, 0.6) is 11.5 Å². The molecule has 33 heavy (non-hydrogen) atoms. The molecule has 4 rings (SSSR count). The third-order valence-corrected chi connectivity index (χ3v) is 5.13. The van der Waals surface area contributed by atoms with E-state index in [4.69, 9.17) is 9.47 Å². The lowest BCUT2D eigenvalue weighted by molar-refractivity contribution is 0.0734. The highest BCUT2D eigenvalue weighted by Gasteiger charge is 2.14. The first-order chi connectivity index (χ1) is 16.0. The van der Waals surface area contributed by atoms with E-state index in [1.807, 2.05) is 49.4 Å². The third kappa shape index (κ3) is 5.07. The molecule has 0 aliphatic rings. The number of carbonyl (C=O) groups excluding carboxylic acids is 2. The van der Waals surface area contributed by atoms with Crippen LogP contribution >= 0.6 is 0 Å². The van der Waals surface area contributed by atoms with Crippen molar-refractivity contribution in [1.29, 1.82) is 0 Å². The highest BCUT2D eigenvalue weighted by Crippen LogP contribution is 2.27. The molecular weight excluding hydrogens is 416 g/mol. The molecule has 0 bridgehead atoms. The summed E-state index contributed by atoms with van der Waals surface area (Å²) in [6.45, 7) is 1.95. The topological polar surface area (TPSA) is 77.0 Å². The van der Waals surface area contributed by atoms with E-state index >= 15 is 0 Å². The summed E-state index contributed by atoms with van der Waals surface area (Å²) in [6, 6.07) is 25.1. The Morgan fingerprint density at radius 3 is 2.27 bits per heavy atom. The van der Waals surface area contributed by atoms with Crippen LogP contribution in [0.2, 0.25) is 0 Å². The molecular formula is C27H22N2O4. The van der Waals surface area contributed by atoms with Crippen molar-refractivity contribution < 1.29 is 19.1 Å². The Hall–Kier alpha value is -4.45. The molecule has 0 saturated heterocycles. The zero-order valence-electron chi connectivity index (χ0n) is 18.2. The Morgan fingerprint density at radius 2 is 1.55 bits per heavy atom. The summed E-state index contributed by atoms with van der Waals surface area (Å²) in [5.74, 6) is 0.145. The average molecular weight is 438 g/mol. The lowest BCUT2D eigenvalue weighted by Crippen LogP contribution is -2.17. The minimum absolute atomic E-state index is 0.330. The lowest BCUT2D eigenvalue weighted by atomic mass is 10.0. The van der Waals surface area contributed by atoms with Gasteiger partial charge < -0.3 is 9.47 Å². The number of carbonyl (C=O) groups is 2. The van der Waals surface area contributed by atoms with Gasteiger partial charge in [-0.3, -0.25) is 4.79 Å². The minimum Gasteiger partial charge on any atom is -0.497 e. The first-order valence-electron chi connectivity index (χ1n) is 10.3. The average Bonchev–Trinajstić information content (AvgIpc) is 2.85. The van der Waals surface area contributed by atoms with E-state index in [1.165, 1.54) is 6.21 Å². The molecule has 6 nitrogen and oxygen atoms in total. The number of nitrogens with zero attached hydrogens (tertiary/aromatic N) is 1. The van der Waals surface area contributed by atoms with E-state index in [0.717, 1.165) is 16.3 Å². The first-order valence-corrected chi connectivity index (χ1v) is 10.3. The summed E-state index contributed by atoms with van der Waals surface area (Å²) in [6.07, 6.45) is 1.49. The summed E-state index contributed by atoms with van der Waals surface area (Å²) in [5.41, 5.74) is 5.07. The number of benzene rings is 4. The Balaban J connectivity index is 1.60. The summed E-state index contributed by atoms with van der Waals surface area (Å²) in [7, 11) is 1.56. The van der Waals surface area contributed by atoms with Gasteiger partial charge in [-0.05, 0) is 60.2 Å². The van der Waals surface area contributed by atoms with Crippen LogP contribution in [0.3, 0.4) is 0 Å². The molecule has 0 saturated carbocycles. The molecule has 0 atom stereocenters. The highest BCUT2D eigenvalue weighted by molar-refractivity contribution is 6.04. The Morgan fingerprint density at radius 1 is 0.848 bits per heavy atom. The summed E-state index contributed by atoms with van der Waals surface area (Å²) in [4.78, 5) is 25.1. The van der Waals surface area contributed by atoms with Crippen LogP contribution in [0.4, 0.5) is 0 Å². The molecule has 164 valence electrons. The van der Waals surface area contributed by atoms with Gasteiger partial charge >= 0.3 is 5.97 Å². The number of rotatable bonds is 6.